The Balaban J connectivity index is 0.00000132. The van der Waals surface area contributed by atoms with Crippen LogP contribution in [0.3, 0.4) is 0 Å². The van der Waals surface area contributed by atoms with Gasteiger partial charge in [0.2, 0.25) is 0 Å². The van der Waals surface area contributed by atoms with E-state index in [9.17, 15) is 13.2 Å². The predicted octanol–water partition coefficient (Wildman–Crippen LogP) is 4.91. The molecule has 0 saturated carbocycles. The van der Waals surface area contributed by atoms with Crippen LogP contribution in [0.1, 0.15) is 19.4 Å². The summed E-state index contributed by atoms with van der Waals surface area (Å²) >= 11 is 0. The van der Waals surface area contributed by atoms with Crippen LogP contribution in [-0.2, 0) is 12.7 Å². The molecule has 1 fully saturated rings. The molecule has 1 saturated heterocycles. The Labute approximate surface area is 181 Å². The van der Waals surface area contributed by atoms with Gasteiger partial charge in [-0.2, -0.15) is 18.2 Å². The Morgan fingerprint density at radius 1 is 0.935 bits per heavy atom. The molecule has 0 atom stereocenters. The molecule has 8 heteroatoms. The van der Waals surface area contributed by atoms with Crippen molar-refractivity contribution in [1.29, 1.82) is 0 Å². The fraction of sp³-hybridized carbons (Fsp3) is 0.435. The maximum Gasteiger partial charge on any atom is 0.416 e. The molecule has 0 aliphatic carbocycles. The summed E-state index contributed by atoms with van der Waals surface area (Å²) in [7, 11) is 1.62. The standard InChI is InChI=1S/C21H23F3N4O.C2H6/c1-29-20-25-18-7-2-3-8-19(18)28(20)14-11-26-9-12-27(13-10-26)17-6-4-5-16(15-17)21(22,23)24;1-2/h2-8,15H,9-14H2,1H3;1-2H3. The molecule has 5 nitrogen and oxygen atoms in total. The second kappa shape index (κ2) is 10.0. The molecule has 4 rings (SSSR count). The van der Waals surface area contributed by atoms with Crippen molar-refractivity contribution in [2.45, 2.75) is 26.6 Å². The van der Waals surface area contributed by atoms with Crippen LogP contribution in [0.2, 0.25) is 0 Å². The van der Waals surface area contributed by atoms with E-state index in [2.05, 4.69) is 14.5 Å². The molecule has 2 aromatic carbocycles. The van der Waals surface area contributed by atoms with Gasteiger partial charge < -0.3 is 9.64 Å². The zero-order valence-corrected chi connectivity index (χ0v) is 18.2. The number of halogens is 3. The number of benzene rings is 2. The molecular weight excluding hydrogens is 405 g/mol. The topological polar surface area (TPSA) is 33.5 Å². The van der Waals surface area contributed by atoms with E-state index in [-0.39, 0.29) is 0 Å². The van der Waals surface area contributed by atoms with Crippen LogP contribution in [0, 0.1) is 0 Å². The lowest BCUT2D eigenvalue weighted by atomic mass is 10.1. The third-order valence-corrected chi connectivity index (χ3v) is 5.35. The molecule has 0 radical (unpaired) electrons. The number of nitrogens with zero attached hydrogens (tertiary/aromatic N) is 4. The van der Waals surface area contributed by atoms with Crippen molar-refractivity contribution in [2.24, 2.45) is 0 Å². The van der Waals surface area contributed by atoms with Crippen molar-refractivity contribution in [1.82, 2.24) is 14.5 Å². The van der Waals surface area contributed by atoms with Gasteiger partial charge in [-0.1, -0.05) is 32.0 Å². The van der Waals surface area contributed by atoms with Gasteiger partial charge in [0.1, 0.15) is 0 Å². The average molecular weight is 435 g/mol. The molecule has 0 amide bonds. The highest BCUT2D eigenvalue weighted by Gasteiger charge is 2.31. The van der Waals surface area contributed by atoms with E-state index in [0.29, 0.717) is 24.8 Å². The van der Waals surface area contributed by atoms with Crippen LogP contribution in [-0.4, -0.2) is 54.3 Å². The summed E-state index contributed by atoms with van der Waals surface area (Å²) in [5, 5.41) is 0. The minimum absolute atomic E-state index is 0.591. The third kappa shape index (κ3) is 5.31. The Bertz CT molecular complexity index is 978. The molecule has 0 N–H and O–H groups in total. The van der Waals surface area contributed by atoms with Crippen molar-refractivity contribution >= 4 is 16.7 Å². The highest BCUT2D eigenvalue weighted by Crippen LogP contribution is 2.32. The van der Waals surface area contributed by atoms with E-state index in [1.807, 2.05) is 43.0 Å². The van der Waals surface area contributed by atoms with Gasteiger partial charge >= 0.3 is 6.18 Å². The van der Waals surface area contributed by atoms with Gasteiger partial charge in [0.25, 0.3) is 6.01 Å². The van der Waals surface area contributed by atoms with Crippen molar-refractivity contribution in [2.75, 3.05) is 44.7 Å². The zero-order chi connectivity index (χ0) is 22.4. The van der Waals surface area contributed by atoms with Gasteiger partial charge in [-0.15, -0.1) is 0 Å². The molecule has 1 aromatic heterocycles. The van der Waals surface area contributed by atoms with Gasteiger partial charge in [-0.25, -0.2) is 0 Å². The number of imidazole rings is 1. The van der Waals surface area contributed by atoms with Crippen molar-refractivity contribution in [3.05, 3.63) is 54.1 Å². The summed E-state index contributed by atoms with van der Waals surface area (Å²) in [6, 6.07) is 14.1. The Kier molecular flexibility index (Phi) is 7.43. The first-order valence-electron chi connectivity index (χ1n) is 10.6. The SMILES string of the molecule is CC.COc1nc2ccccc2n1CCN1CCN(c2cccc(C(F)(F)F)c2)CC1. The fourth-order valence-corrected chi connectivity index (χ4v) is 3.78. The normalized spacial score (nSPS) is 15.0. The molecule has 0 unspecified atom stereocenters. The maximum atomic E-state index is 13.0. The van der Waals surface area contributed by atoms with Gasteiger partial charge in [-0.3, -0.25) is 9.47 Å². The summed E-state index contributed by atoms with van der Waals surface area (Å²) in [6.45, 7) is 8.56. The first-order valence-corrected chi connectivity index (χ1v) is 10.6. The lowest BCUT2D eigenvalue weighted by molar-refractivity contribution is -0.137. The largest absolute Gasteiger partial charge is 0.468 e. The highest BCUT2D eigenvalue weighted by atomic mass is 19.4. The van der Waals surface area contributed by atoms with Gasteiger partial charge in [-0.05, 0) is 30.3 Å². The van der Waals surface area contributed by atoms with Crippen LogP contribution < -0.4 is 9.64 Å². The van der Waals surface area contributed by atoms with Crippen molar-refractivity contribution < 1.29 is 17.9 Å². The second-order valence-corrected chi connectivity index (χ2v) is 7.12. The van der Waals surface area contributed by atoms with E-state index < -0.39 is 11.7 Å². The lowest BCUT2D eigenvalue weighted by Gasteiger charge is -2.36. The number of aromatic nitrogens is 2. The molecule has 0 bridgehead atoms. The molecular formula is C23H29F3N4O. The number of anilines is 1. The zero-order valence-electron chi connectivity index (χ0n) is 18.2. The summed E-state index contributed by atoms with van der Waals surface area (Å²) < 4.78 is 46.4. The lowest BCUT2D eigenvalue weighted by Crippen LogP contribution is -2.47. The average Bonchev–Trinajstić information content (AvgIpc) is 3.16. The van der Waals surface area contributed by atoms with Crippen molar-refractivity contribution in [3.8, 4) is 6.01 Å². The Hall–Kier alpha value is -2.74. The number of methoxy groups -OCH3 is 1. The van der Waals surface area contributed by atoms with E-state index in [1.165, 1.54) is 12.1 Å². The van der Waals surface area contributed by atoms with Gasteiger partial charge in [0.15, 0.2) is 0 Å². The van der Waals surface area contributed by atoms with E-state index in [1.54, 1.807) is 13.2 Å². The van der Waals surface area contributed by atoms with Gasteiger partial charge in [0, 0.05) is 45.0 Å². The number of fused-ring (bicyclic) bond motifs is 1. The summed E-state index contributed by atoms with van der Waals surface area (Å²) in [6.07, 6.45) is -4.32. The Morgan fingerprint density at radius 2 is 1.65 bits per heavy atom. The molecule has 1 aliphatic heterocycles. The number of ether oxygens (including phenoxy) is 1. The minimum atomic E-state index is -4.32. The van der Waals surface area contributed by atoms with Crippen LogP contribution in [0.5, 0.6) is 6.01 Å². The molecule has 31 heavy (non-hydrogen) atoms. The van der Waals surface area contributed by atoms with E-state index >= 15 is 0 Å². The summed E-state index contributed by atoms with van der Waals surface area (Å²) in [5.74, 6) is 0. The highest BCUT2D eigenvalue weighted by molar-refractivity contribution is 5.76. The summed E-state index contributed by atoms with van der Waals surface area (Å²) in [4.78, 5) is 8.83. The van der Waals surface area contributed by atoms with Crippen molar-refractivity contribution in [3.63, 3.8) is 0 Å². The summed E-state index contributed by atoms with van der Waals surface area (Å²) in [5.41, 5.74) is 1.96. The number of piperazine rings is 1. The van der Waals surface area contributed by atoms with E-state index in [0.717, 1.165) is 43.3 Å². The number of para-hydroxylation sites is 2. The number of hydrogen-bond donors (Lipinski definition) is 0. The minimum Gasteiger partial charge on any atom is -0.468 e. The number of rotatable bonds is 5. The molecule has 1 aliphatic rings. The molecule has 0 spiro atoms. The monoisotopic (exact) mass is 434 g/mol. The second-order valence-electron chi connectivity index (χ2n) is 7.12. The quantitative estimate of drug-likeness (QED) is 0.571. The molecule has 3 aromatic rings. The fourth-order valence-electron chi connectivity index (χ4n) is 3.78. The first-order chi connectivity index (χ1) is 15.0. The smallest absolute Gasteiger partial charge is 0.416 e. The third-order valence-electron chi connectivity index (χ3n) is 5.35. The van der Waals surface area contributed by atoms with Crippen LogP contribution >= 0.6 is 0 Å². The van der Waals surface area contributed by atoms with Crippen LogP contribution in [0.4, 0.5) is 18.9 Å². The van der Waals surface area contributed by atoms with Crippen LogP contribution in [0.15, 0.2) is 48.5 Å². The van der Waals surface area contributed by atoms with Crippen LogP contribution in [0.25, 0.3) is 11.0 Å². The maximum absolute atomic E-state index is 13.0. The molecule has 2 heterocycles. The predicted molar refractivity (Wildman–Crippen MR) is 118 cm³/mol. The number of alkyl halides is 3. The molecule has 168 valence electrons. The first kappa shape index (κ1) is 22.9. The van der Waals surface area contributed by atoms with Gasteiger partial charge in [0.05, 0.1) is 23.7 Å². The Morgan fingerprint density at radius 3 is 2.32 bits per heavy atom. The van der Waals surface area contributed by atoms with E-state index in [4.69, 9.17) is 4.74 Å². The number of hydrogen-bond acceptors (Lipinski definition) is 4.